The quantitative estimate of drug-likeness (QED) is 0.846. The fourth-order valence-electron chi connectivity index (χ4n) is 3.05. The third kappa shape index (κ3) is 3.18. The van der Waals surface area contributed by atoms with Crippen molar-refractivity contribution in [3.8, 4) is 5.69 Å². The summed E-state index contributed by atoms with van der Waals surface area (Å²) in [7, 11) is 0. The van der Waals surface area contributed by atoms with Crippen LogP contribution in [-0.4, -0.2) is 57.6 Å². The van der Waals surface area contributed by atoms with Crippen LogP contribution >= 0.6 is 0 Å². The van der Waals surface area contributed by atoms with Gasteiger partial charge in [-0.15, -0.1) is 0 Å². The summed E-state index contributed by atoms with van der Waals surface area (Å²) in [6.45, 7) is 6.01. The smallest absolute Gasteiger partial charge is 0.257 e. The number of aromatic nitrogens is 2. The van der Waals surface area contributed by atoms with Gasteiger partial charge in [-0.1, -0.05) is 18.2 Å². The lowest BCUT2D eigenvalue weighted by molar-refractivity contribution is -0.128. The third-order valence-corrected chi connectivity index (χ3v) is 4.47. The van der Waals surface area contributed by atoms with Crippen LogP contribution in [0, 0.1) is 6.92 Å². The average Bonchev–Trinajstić information content (AvgIpc) is 2.81. The summed E-state index contributed by atoms with van der Waals surface area (Å²) in [5.41, 5.74) is 2.39. The molecule has 1 fully saturated rings. The molecule has 24 heavy (non-hydrogen) atoms. The second kappa shape index (κ2) is 6.86. The van der Waals surface area contributed by atoms with E-state index in [4.69, 9.17) is 0 Å². The first-order valence-corrected chi connectivity index (χ1v) is 8.23. The van der Waals surface area contributed by atoms with Crippen LogP contribution in [0.2, 0.25) is 0 Å². The Hall–Kier alpha value is -2.63. The maximum Gasteiger partial charge on any atom is 0.257 e. The number of benzene rings is 1. The highest BCUT2D eigenvalue weighted by Gasteiger charge is 2.24. The van der Waals surface area contributed by atoms with E-state index in [-0.39, 0.29) is 11.8 Å². The number of hydrogen-bond acceptors (Lipinski definition) is 3. The predicted octanol–water partition coefficient (Wildman–Crippen LogP) is 1.88. The summed E-state index contributed by atoms with van der Waals surface area (Å²) < 4.78 is 1.78. The molecule has 0 N–H and O–H groups in total. The van der Waals surface area contributed by atoms with Crippen molar-refractivity contribution in [2.45, 2.75) is 20.3 Å². The Morgan fingerprint density at radius 3 is 2.38 bits per heavy atom. The zero-order chi connectivity index (χ0) is 17.1. The number of hydrogen-bond donors (Lipinski definition) is 0. The van der Waals surface area contributed by atoms with Gasteiger partial charge in [0, 0.05) is 33.1 Å². The molecule has 2 amide bonds. The molecule has 6 nitrogen and oxygen atoms in total. The third-order valence-electron chi connectivity index (χ3n) is 4.47. The van der Waals surface area contributed by atoms with Crippen molar-refractivity contribution in [2.75, 3.05) is 26.2 Å². The lowest BCUT2D eigenvalue weighted by Crippen LogP contribution is -2.36. The Labute approximate surface area is 141 Å². The van der Waals surface area contributed by atoms with Gasteiger partial charge in [-0.3, -0.25) is 9.59 Å². The van der Waals surface area contributed by atoms with E-state index in [1.165, 1.54) is 0 Å². The molecule has 6 heteroatoms. The Kier molecular flexibility index (Phi) is 4.64. The number of para-hydroxylation sites is 1. The highest BCUT2D eigenvalue weighted by Crippen LogP contribution is 2.17. The Balaban J connectivity index is 1.79. The Morgan fingerprint density at radius 1 is 1.00 bits per heavy atom. The minimum Gasteiger partial charge on any atom is -0.341 e. The van der Waals surface area contributed by atoms with Gasteiger partial charge in [-0.05, 0) is 25.5 Å². The van der Waals surface area contributed by atoms with Gasteiger partial charge in [0.2, 0.25) is 5.91 Å². The second-order valence-electron chi connectivity index (χ2n) is 6.04. The molecule has 0 atom stereocenters. The van der Waals surface area contributed by atoms with Crippen LogP contribution in [0.5, 0.6) is 0 Å². The van der Waals surface area contributed by atoms with E-state index in [0.717, 1.165) is 17.8 Å². The largest absolute Gasteiger partial charge is 0.341 e. The molecule has 0 saturated carbocycles. The van der Waals surface area contributed by atoms with Gasteiger partial charge in [0.15, 0.2) is 0 Å². The molecule has 1 aromatic carbocycles. The van der Waals surface area contributed by atoms with Crippen LogP contribution in [0.1, 0.15) is 29.4 Å². The van der Waals surface area contributed by atoms with Crippen molar-refractivity contribution in [3.05, 3.63) is 47.8 Å². The van der Waals surface area contributed by atoms with E-state index < -0.39 is 0 Å². The molecule has 1 aromatic heterocycles. The maximum absolute atomic E-state index is 12.9. The summed E-state index contributed by atoms with van der Waals surface area (Å²) in [5, 5.41) is 4.37. The number of amides is 2. The van der Waals surface area contributed by atoms with E-state index in [9.17, 15) is 9.59 Å². The number of nitrogens with zero attached hydrogens (tertiary/aromatic N) is 4. The van der Waals surface area contributed by atoms with Gasteiger partial charge < -0.3 is 9.80 Å². The van der Waals surface area contributed by atoms with Gasteiger partial charge in [0.25, 0.3) is 5.91 Å². The van der Waals surface area contributed by atoms with Gasteiger partial charge in [-0.2, -0.15) is 5.10 Å². The molecule has 1 saturated heterocycles. The minimum atomic E-state index is -0.0138. The van der Waals surface area contributed by atoms with Gasteiger partial charge in [0.05, 0.1) is 23.1 Å². The Morgan fingerprint density at radius 2 is 1.67 bits per heavy atom. The molecule has 3 rings (SSSR count). The Bertz CT molecular complexity index is 739. The summed E-state index contributed by atoms with van der Waals surface area (Å²) in [4.78, 5) is 28.0. The van der Waals surface area contributed by atoms with Crippen LogP contribution < -0.4 is 0 Å². The predicted molar refractivity (Wildman–Crippen MR) is 91.1 cm³/mol. The van der Waals surface area contributed by atoms with Crippen molar-refractivity contribution in [2.24, 2.45) is 0 Å². The van der Waals surface area contributed by atoms with Crippen molar-refractivity contribution in [1.82, 2.24) is 19.6 Å². The maximum atomic E-state index is 12.9. The van der Waals surface area contributed by atoms with Crippen LogP contribution in [-0.2, 0) is 4.79 Å². The first kappa shape index (κ1) is 16.2. The van der Waals surface area contributed by atoms with Gasteiger partial charge in [-0.25, -0.2) is 4.68 Å². The highest BCUT2D eigenvalue weighted by atomic mass is 16.2. The first-order valence-electron chi connectivity index (χ1n) is 8.23. The summed E-state index contributed by atoms with van der Waals surface area (Å²) in [5.74, 6) is 0.0532. The van der Waals surface area contributed by atoms with Crippen LogP contribution in [0.15, 0.2) is 36.5 Å². The minimum absolute atomic E-state index is 0.0138. The summed E-state index contributed by atoms with van der Waals surface area (Å²) in [6, 6.07) is 9.77. The van der Waals surface area contributed by atoms with Crippen LogP contribution in [0.25, 0.3) is 5.69 Å². The summed E-state index contributed by atoms with van der Waals surface area (Å²) >= 11 is 0. The van der Waals surface area contributed by atoms with E-state index in [0.29, 0.717) is 31.7 Å². The van der Waals surface area contributed by atoms with Crippen molar-refractivity contribution < 1.29 is 9.59 Å². The topological polar surface area (TPSA) is 58.4 Å². The molecular weight excluding hydrogens is 304 g/mol. The molecule has 0 unspecified atom stereocenters. The van der Waals surface area contributed by atoms with Crippen LogP contribution in [0.4, 0.5) is 0 Å². The van der Waals surface area contributed by atoms with E-state index in [2.05, 4.69) is 5.10 Å². The van der Waals surface area contributed by atoms with E-state index in [1.54, 1.807) is 22.7 Å². The molecule has 2 aromatic rings. The first-order chi connectivity index (χ1) is 11.6. The molecule has 0 bridgehead atoms. The SMILES string of the molecule is CC(=O)N1CCCN(C(=O)c2cnn(-c3ccccc3)c2C)CC1. The molecule has 2 heterocycles. The summed E-state index contributed by atoms with van der Waals surface area (Å²) in [6.07, 6.45) is 2.44. The molecule has 1 aliphatic heterocycles. The molecule has 0 aliphatic carbocycles. The number of rotatable bonds is 2. The van der Waals surface area contributed by atoms with Gasteiger partial charge in [0.1, 0.15) is 0 Å². The fourth-order valence-corrected chi connectivity index (χ4v) is 3.05. The lowest BCUT2D eigenvalue weighted by Gasteiger charge is -2.21. The van der Waals surface area contributed by atoms with Crippen molar-refractivity contribution in [3.63, 3.8) is 0 Å². The molecular formula is C18H22N4O2. The lowest BCUT2D eigenvalue weighted by atomic mass is 10.2. The van der Waals surface area contributed by atoms with Crippen molar-refractivity contribution in [1.29, 1.82) is 0 Å². The molecule has 126 valence electrons. The number of carbonyl (C=O) groups excluding carboxylic acids is 2. The second-order valence-corrected chi connectivity index (χ2v) is 6.04. The van der Waals surface area contributed by atoms with E-state index >= 15 is 0 Å². The highest BCUT2D eigenvalue weighted by molar-refractivity contribution is 5.95. The molecule has 1 aliphatic rings. The fraction of sp³-hybridized carbons (Fsp3) is 0.389. The van der Waals surface area contributed by atoms with E-state index in [1.807, 2.05) is 42.2 Å². The molecule has 0 radical (unpaired) electrons. The zero-order valence-electron chi connectivity index (χ0n) is 14.1. The normalized spacial score (nSPS) is 15.2. The average molecular weight is 326 g/mol. The standard InChI is InChI=1S/C18H22N4O2/c1-14-17(13-19-22(14)16-7-4-3-5-8-16)18(24)21-10-6-9-20(11-12-21)15(2)23/h3-5,7-8,13H,6,9-12H2,1-2H3. The zero-order valence-corrected chi connectivity index (χ0v) is 14.1. The number of carbonyl (C=O) groups is 2. The molecule has 0 spiro atoms. The monoisotopic (exact) mass is 326 g/mol. The van der Waals surface area contributed by atoms with Crippen LogP contribution in [0.3, 0.4) is 0 Å². The van der Waals surface area contributed by atoms with Crippen molar-refractivity contribution >= 4 is 11.8 Å². The van der Waals surface area contributed by atoms with Gasteiger partial charge >= 0.3 is 0 Å².